The van der Waals surface area contributed by atoms with E-state index in [1.54, 1.807) is 13.8 Å². The summed E-state index contributed by atoms with van der Waals surface area (Å²) in [6.07, 6.45) is 11.1. The summed E-state index contributed by atoms with van der Waals surface area (Å²) in [6, 6.07) is 0. The second-order valence-corrected chi connectivity index (χ2v) is 7.56. The van der Waals surface area contributed by atoms with Gasteiger partial charge in [0.1, 0.15) is 11.7 Å². The lowest BCUT2D eigenvalue weighted by Crippen LogP contribution is -2.39. The van der Waals surface area contributed by atoms with Crippen molar-refractivity contribution in [3.8, 4) is 0 Å². The molecule has 0 aromatic heterocycles. The summed E-state index contributed by atoms with van der Waals surface area (Å²) < 4.78 is 10.2. The first kappa shape index (κ1) is 22.1. The molecule has 0 aliphatic heterocycles. The minimum absolute atomic E-state index is 0.118. The van der Waals surface area contributed by atoms with E-state index in [0.29, 0.717) is 0 Å². The number of methoxy groups -OCH3 is 1. The first-order valence-corrected chi connectivity index (χ1v) is 9.45. The summed E-state index contributed by atoms with van der Waals surface area (Å²) >= 11 is 0. The zero-order valence-electron chi connectivity index (χ0n) is 16.3. The molecule has 0 heterocycles. The first-order valence-electron chi connectivity index (χ1n) is 9.45. The summed E-state index contributed by atoms with van der Waals surface area (Å²) in [4.78, 5) is 36.1. The molecule has 146 valence electrons. The van der Waals surface area contributed by atoms with Gasteiger partial charge in [0, 0.05) is 18.9 Å². The van der Waals surface area contributed by atoms with Crippen molar-refractivity contribution in [3.63, 3.8) is 0 Å². The van der Waals surface area contributed by atoms with Crippen molar-refractivity contribution >= 4 is 17.7 Å². The summed E-state index contributed by atoms with van der Waals surface area (Å²) in [7, 11) is 1.29. The standard InChI is InChI=1S/C21H32O5/c1-5-6-7-8-9-10-11-12-13-18(23)26-17-14-16(22)15-21(2,3)19(17)20(24)25-4/h5,14,19H,1,6-13,15H2,2-4H3. The topological polar surface area (TPSA) is 69.7 Å². The zero-order valence-corrected chi connectivity index (χ0v) is 16.3. The fourth-order valence-electron chi connectivity index (χ4n) is 3.32. The van der Waals surface area contributed by atoms with Crippen molar-refractivity contribution in [1.82, 2.24) is 0 Å². The van der Waals surface area contributed by atoms with Crippen LogP contribution in [0.15, 0.2) is 24.5 Å². The first-order chi connectivity index (χ1) is 12.3. The Balaban J connectivity index is 2.47. The van der Waals surface area contributed by atoms with Gasteiger partial charge >= 0.3 is 11.9 Å². The molecule has 0 saturated carbocycles. The number of rotatable bonds is 11. The molecule has 26 heavy (non-hydrogen) atoms. The Hall–Kier alpha value is -1.91. The minimum Gasteiger partial charge on any atom is -0.468 e. The molecule has 1 aliphatic rings. The Kier molecular flexibility index (Phi) is 9.31. The van der Waals surface area contributed by atoms with Crippen LogP contribution in [0, 0.1) is 11.3 Å². The molecule has 0 radical (unpaired) electrons. The van der Waals surface area contributed by atoms with Crippen molar-refractivity contribution in [1.29, 1.82) is 0 Å². The largest absolute Gasteiger partial charge is 0.468 e. The number of hydrogen-bond acceptors (Lipinski definition) is 5. The molecule has 0 aromatic rings. The molecule has 5 nitrogen and oxygen atoms in total. The van der Waals surface area contributed by atoms with Gasteiger partial charge in [-0.25, -0.2) is 0 Å². The van der Waals surface area contributed by atoms with Crippen molar-refractivity contribution in [3.05, 3.63) is 24.5 Å². The van der Waals surface area contributed by atoms with Gasteiger partial charge in [0.2, 0.25) is 0 Å². The molecule has 1 atom stereocenters. The van der Waals surface area contributed by atoms with E-state index in [0.717, 1.165) is 32.1 Å². The lowest BCUT2D eigenvalue weighted by molar-refractivity contribution is -0.153. The van der Waals surface area contributed by atoms with Crippen LogP contribution in [-0.2, 0) is 23.9 Å². The van der Waals surface area contributed by atoms with E-state index < -0.39 is 23.3 Å². The van der Waals surface area contributed by atoms with Gasteiger partial charge in [0.25, 0.3) is 0 Å². The van der Waals surface area contributed by atoms with Crippen LogP contribution in [0.25, 0.3) is 0 Å². The molecule has 0 fully saturated rings. The van der Waals surface area contributed by atoms with Crippen LogP contribution in [-0.4, -0.2) is 24.8 Å². The van der Waals surface area contributed by atoms with Crippen molar-refractivity contribution in [2.45, 2.75) is 71.6 Å². The van der Waals surface area contributed by atoms with Crippen LogP contribution in [0.4, 0.5) is 0 Å². The number of esters is 2. The highest BCUT2D eigenvalue weighted by molar-refractivity contribution is 5.95. The highest BCUT2D eigenvalue weighted by atomic mass is 16.5. The number of carbonyl (C=O) groups excluding carboxylic acids is 3. The molecule has 1 unspecified atom stereocenters. The minimum atomic E-state index is -0.737. The van der Waals surface area contributed by atoms with E-state index in [1.807, 2.05) is 6.08 Å². The molecule has 0 aromatic carbocycles. The van der Waals surface area contributed by atoms with Gasteiger partial charge < -0.3 is 9.47 Å². The van der Waals surface area contributed by atoms with Crippen molar-refractivity contribution in [2.75, 3.05) is 7.11 Å². The van der Waals surface area contributed by atoms with Gasteiger partial charge in [-0.1, -0.05) is 45.6 Å². The van der Waals surface area contributed by atoms with E-state index in [9.17, 15) is 14.4 Å². The molecule has 0 N–H and O–H groups in total. The fraction of sp³-hybridized carbons (Fsp3) is 0.667. The van der Waals surface area contributed by atoms with Gasteiger partial charge in [-0.3, -0.25) is 14.4 Å². The van der Waals surface area contributed by atoms with Gasteiger partial charge in [-0.2, -0.15) is 0 Å². The average molecular weight is 364 g/mol. The normalized spacial score (nSPS) is 18.8. The molecule has 0 bridgehead atoms. The average Bonchev–Trinajstić information content (AvgIpc) is 2.55. The van der Waals surface area contributed by atoms with Crippen molar-refractivity contribution in [2.24, 2.45) is 11.3 Å². The monoisotopic (exact) mass is 364 g/mol. The lowest BCUT2D eigenvalue weighted by atomic mass is 9.70. The maximum Gasteiger partial charge on any atom is 0.316 e. The third kappa shape index (κ3) is 7.14. The van der Waals surface area contributed by atoms with Gasteiger partial charge in [0.15, 0.2) is 5.78 Å². The van der Waals surface area contributed by atoms with E-state index in [4.69, 9.17) is 9.47 Å². The van der Waals surface area contributed by atoms with Crippen LogP contribution in [0.3, 0.4) is 0 Å². The Labute approximate surface area is 156 Å². The number of unbranched alkanes of at least 4 members (excludes halogenated alkanes) is 6. The summed E-state index contributed by atoms with van der Waals surface area (Å²) in [5, 5.41) is 0. The highest BCUT2D eigenvalue weighted by Crippen LogP contribution is 2.41. The Morgan fingerprint density at radius 3 is 2.42 bits per heavy atom. The Bertz CT molecular complexity index is 545. The fourth-order valence-corrected chi connectivity index (χ4v) is 3.32. The van der Waals surface area contributed by atoms with E-state index in [1.165, 1.54) is 26.0 Å². The Morgan fingerprint density at radius 1 is 1.19 bits per heavy atom. The van der Waals surface area contributed by atoms with E-state index >= 15 is 0 Å². The SMILES string of the molecule is C=CCCCCCCCCC(=O)OC1=CC(=O)CC(C)(C)C1C(=O)OC. The number of ether oxygens (including phenoxy) is 2. The zero-order chi connectivity index (χ0) is 19.6. The predicted molar refractivity (Wildman–Crippen MR) is 100 cm³/mol. The third-order valence-electron chi connectivity index (χ3n) is 4.71. The second-order valence-electron chi connectivity index (χ2n) is 7.56. The number of allylic oxidation sites excluding steroid dienone is 2. The van der Waals surface area contributed by atoms with Crippen LogP contribution in [0.2, 0.25) is 0 Å². The van der Waals surface area contributed by atoms with Crippen LogP contribution in [0.5, 0.6) is 0 Å². The molecular weight excluding hydrogens is 332 g/mol. The van der Waals surface area contributed by atoms with Gasteiger partial charge in [0.05, 0.1) is 7.11 Å². The smallest absolute Gasteiger partial charge is 0.316 e. The third-order valence-corrected chi connectivity index (χ3v) is 4.71. The predicted octanol–water partition coefficient (Wildman–Crippen LogP) is 4.51. The Morgan fingerprint density at radius 2 is 1.81 bits per heavy atom. The number of hydrogen-bond donors (Lipinski definition) is 0. The molecular formula is C21H32O5. The second kappa shape index (κ2) is 10.9. The summed E-state index contributed by atoms with van der Waals surface area (Å²) in [6.45, 7) is 7.31. The number of ketones is 1. The molecule has 0 spiro atoms. The highest BCUT2D eigenvalue weighted by Gasteiger charge is 2.45. The maximum absolute atomic E-state index is 12.1. The van der Waals surface area contributed by atoms with E-state index in [2.05, 4.69) is 6.58 Å². The quantitative estimate of drug-likeness (QED) is 0.306. The van der Waals surface area contributed by atoms with Gasteiger partial charge in [-0.15, -0.1) is 6.58 Å². The summed E-state index contributed by atoms with van der Waals surface area (Å²) in [5.74, 6) is -1.65. The van der Waals surface area contributed by atoms with Crippen molar-refractivity contribution < 1.29 is 23.9 Å². The maximum atomic E-state index is 12.1. The molecule has 0 amide bonds. The summed E-state index contributed by atoms with van der Waals surface area (Å²) in [5.41, 5.74) is -0.639. The van der Waals surface area contributed by atoms with Crippen LogP contribution in [0.1, 0.15) is 71.6 Å². The number of carbonyl (C=O) groups is 3. The van der Waals surface area contributed by atoms with Crippen LogP contribution >= 0.6 is 0 Å². The molecule has 5 heteroatoms. The molecule has 0 saturated heterocycles. The molecule has 1 rings (SSSR count). The van der Waals surface area contributed by atoms with Crippen LogP contribution < -0.4 is 0 Å². The molecule has 1 aliphatic carbocycles. The van der Waals surface area contributed by atoms with Gasteiger partial charge in [-0.05, 0) is 24.7 Å². The lowest BCUT2D eigenvalue weighted by Gasteiger charge is -2.35. The van der Waals surface area contributed by atoms with E-state index in [-0.39, 0.29) is 24.4 Å².